The Morgan fingerprint density at radius 2 is 2.00 bits per heavy atom. The van der Waals surface area contributed by atoms with E-state index in [0.717, 1.165) is 0 Å². The van der Waals surface area contributed by atoms with Crippen molar-refractivity contribution >= 4 is 45.6 Å². The van der Waals surface area contributed by atoms with E-state index >= 15 is 0 Å². The molecule has 0 aliphatic rings. The zero-order chi connectivity index (χ0) is 19.7. The number of non-ortho nitro benzene ring substituents is 1. The molecule has 0 spiro atoms. The number of hydrazone groups is 1. The van der Waals surface area contributed by atoms with Crippen LogP contribution in [0.15, 0.2) is 46.3 Å². The molecule has 27 heavy (non-hydrogen) atoms. The van der Waals surface area contributed by atoms with Gasteiger partial charge in [0.2, 0.25) is 0 Å². The normalized spacial score (nSPS) is 12.9. The molecule has 138 valence electrons. The first-order chi connectivity index (χ1) is 12.8. The molecule has 0 amide bonds. The number of nitrogens with two attached hydrogens (primary N) is 1. The third-order valence-electron chi connectivity index (χ3n) is 3.79. The molecule has 1 atom stereocenters. The number of rotatable bonds is 4. The van der Waals surface area contributed by atoms with Gasteiger partial charge in [0, 0.05) is 12.1 Å². The lowest BCUT2D eigenvalue weighted by Gasteiger charge is -2.13. The maximum Gasteiger partial charge on any atom is 0.276 e. The second kappa shape index (κ2) is 7.31. The van der Waals surface area contributed by atoms with Crippen LogP contribution in [-0.4, -0.2) is 25.7 Å². The molecule has 0 aliphatic carbocycles. The van der Waals surface area contributed by atoms with Crippen LogP contribution < -0.4 is 11.4 Å². The zero-order valence-electron chi connectivity index (χ0n) is 13.4. The van der Waals surface area contributed by atoms with Gasteiger partial charge in [-0.2, -0.15) is 5.10 Å². The van der Waals surface area contributed by atoms with E-state index in [0.29, 0.717) is 10.6 Å². The third kappa shape index (κ3) is 3.61. The van der Waals surface area contributed by atoms with Gasteiger partial charge in [-0.3, -0.25) is 14.9 Å². The number of nitro benzene ring substituents is 1. The quantitative estimate of drug-likeness (QED) is 0.262. The van der Waals surface area contributed by atoms with Gasteiger partial charge in [0.25, 0.3) is 11.2 Å². The zero-order valence-corrected chi connectivity index (χ0v) is 14.9. The Balaban J connectivity index is 2.09. The predicted molar refractivity (Wildman–Crippen MR) is 101 cm³/mol. The summed E-state index contributed by atoms with van der Waals surface area (Å²) in [6.07, 6.45) is -1.39. The summed E-state index contributed by atoms with van der Waals surface area (Å²) in [5, 5.41) is 25.4. The highest BCUT2D eigenvalue weighted by Gasteiger charge is 2.23. The second-order valence-corrected chi connectivity index (χ2v) is 6.28. The van der Waals surface area contributed by atoms with E-state index in [9.17, 15) is 20.0 Å². The SMILES string of the molecule is NN=C(c1nc2ccc([N+](=O)[O-])cc2[nH]c1=O)[C@@H](O)c1ccc(Cl)c(Cl)c1. The Hall–Kier alpha value is -3.01. The molecule has 1 heterocycles. The fourth-order valence-corrected chi connectivity index (χ4v) is 2.77. The van der Waals surface area contributed by atoms with Crippen molar-refractivity contribution < 1.29 is 10.0 Å². The molecule has 4 N–H and O–H groups in total. The Kier molecular flexibility index (Phi) is 5.08. The summed E-state index contributed by atoms with van der Waals surface area (Å²) in [6, 6.07) is 8.19. The molecule has 0 saturated heterocycles. The summed E-state index contributed by atoms with van der Waals surface area (Å²) in [5.74, 6) is 5.37. The minimum Gasteiger partial charge on any atom is -0.382 e. The van der Waals surface area contributed by atoms with Crippen molar-refractivity contribution in [3.8, 4) is 0 Å². The highest BCUT2D eigenvalue weighted by atomic mass is 35.5. The van der Waals surface area contributed by atoms with Crippen molar-refractivity contribution in [2.45, 2.75) is 6.10 Å². The monoisotopic (exact) mass is 407 g/mol. The minimum atomic E-state index is -1.39. The van der Waals surface area contributed by atoms with Crippen LogP contribution in [-0.2, 0) is 0 Å². The molecule has 0 radical (unpaired) electrons. The molecule has 0 bridgehead atoms. The van der Waals surface area contributed by atoms with Crippen LogP contribution in [0.1, 0.15) is 17.4 Å². The highest BCUT2D eigenvalue weighted by molar-refractivity contribution is 6.42. The molecule has 0 fully saturated rings. The number of halogens is 2. The molecule has 1 aromatic heterocycles. The van der Waals surface area contributed by atoms with Gasteiger partial charge < -0.3 is 15.9 Å². The first kappa shape index (κ1) is 18.8. The van der Waals surface area contributed by atoms with Crippen LogP contribution in [0.5, 0.6) is 0 Å². The lowest BCUT2D eigenvalue weighted by Crippen LogP contribution is -2.26. The molecular weight excluding hydrogens is 397 g/mol. The summed E-state index contributed by atoms with van der Waals surface area (Å²) < 4.78 is 0. The number of benzene rings is 2. The predicted octanol–water partition coefficient (Wildman–Crippen LogP) is 2.53. The Labute approximate surface area is 161 Å². The number of aromatic amines is 1. The molecule has 0 aliphatic heterocycles. The molecule has 3 aromatic rings. The third-order valence-corrected chi connectivity index (χ3v) is 4.53. The standard InChI is InChI=1S/C16H11Cl2N5O4/c17-9-3-1-7(5-10(9)18)15(24)13(22-19)14-16(25)21-12-6-8(23(26)27)2-4-11(12)20-14/h1-6,15,24H,19H2,(H,21,25)/t15-/m0/s1. The van der Waals surface area contributed by atoms with E-state index in [1.807, 2.05) is 0 Å². The van der Waals surface area contributed by atoms with Crippen molar-refractivity contribution in [3.05, 3.63) is 78.2 Å². The average molecular weight is 408 g/mol. The Morgan fingerprint density at radius 3 is 2.63 bits per heavy atom. The summed E-state index contributed by atoms with van der Waals surface area (Å²) in [7, 11) is 0. The van der Waals surface area contributed by atoms with Crippen molar-refractivity contribution in [1.29, 1.82) is 0 Å². The van der Waals surface area contributed by atoms with Crippen LogP contribution in [0.25, 0.3) is 11.0 Å². The van der Waals surface area contributed by atoms with Crippen LogP contribution in [0.4, 0.5) is 5.69 Å². The molecule has 0 saturated carbocycles. The smallest absolute Gasteiger partial charge is 0.276 e. The average Bonchev–Trinajstić information content (AvgIpc) is 2.64. The largest absolute Gasteiger partial charge is 0.382 e. The number of hydrogen-bond donors (Lipinski definition) is 3. The number of aliphatic hydroxyl groups is 1. The number of nitrogens with zero attached hydrogens (tertiary/aromatic N) is 3. The molecular formula is C16H11Cl2N5O4. The Morgan fingerprint density at radius 1 is 1.26 bits per heavy atom. The first-order valence-corrected chi connectivity index (χ1v) is 8.17. The minimum absolute atomic E-state index is 0.165. The van der Waals surface area contributed by atoms with Crippen molar-refractivity contribution in [2.75, 3.05) is 0 Å². The summed E-state index contributed by atoms with van der Waals surface area (Å²) in [5.41, 5.74) is -0.607. The Bertz CT molecular complexity index is 1150. The van der Waals surface area contributed by atoms with E-state index in [2.05, 4.69) is 15.1 Å². The van der Waals surface area contributed by atoms with Gasteiger partial charge in [-0.15, -0.1) is 0 Å². The topological polar surface area (TPSA) is 147 Å². The van der Waals surface area contributed by atoms with Crippen LogP contribution in [0, 0.1) is 10.1 Å². The van der Waals surface area contributed by atoms with E-state index in [4.69, 9.17) is 29.0 Å². The summed E-state index contributed by atoms with van der Waals surface area (Å²) in [6.45, 7) is 0. The molecule has 2 aromatic carbocycles. The number of nitro groups is 1. The van der Waals surface area contributed by atoms with Gasteiger partial charge in [-0.1, -0.05) is 29.3 Å². The summed E-state index contributed by atoms with van der Waals surface area (Å²) >= 11 is 11.8. The maximum absolute atomic E-state index is 12.4. The van der Waals surface area contributed by atoms with Gasteiger partial charge in [0.05, 0.1) is 26.0 Å². The van der Waals surface area contributed by atoms with Crippen molar-refractivity contribution in [1.82, 2.24) is 9.97 Å². The number of aliphatic hydroxyl groups excluding tert-OH is 1. The molecule has 3 rings (SSSR count). The number of hydrogen-bond acceptors (Lipinski definition) is 7. The van der Waals surface area contributed by atoms with Crippen molar-refractivity contribution in [2.24, 2.45) is 10.9 Å². The second-order valence-electron chi connectivity index (χ2n) is 5.46. The fourth-order valence-electron chi connectivity index (χ4n) is 2.46. The molecule has 11 heteroatoms. The maximum atomic E-state index is 12.4. The summed E-state index contributed by atoms with van der Waals surface area (Å²) in [4.78, 5) is 29.3. The van der Waals surface area contributed by atoms with Gasteiger partial charge in [0.1, 0.15) is 11.8 Å². The van der Waals surface area contributed by atoms with Gasteiger partial charge in [-0.25, -0.2) is 4.98 Å². The first-order valence-electron chi connectivity index (χ1n) is 7.41. The van der Waals surface area contributed by atoms with E-state index in [-0.39, 0.29) is 33.1 Å². The van der Waals surface area contributed by atoms with E-state index in [1.165, 1.54) is 36.4 Å². The number of aromatic nitrogens is 2. The van der Waals surface area contributed by atoms with Gasteiger partial charge >= 0.3 is 0 Å². The molecule has 9 nitrogen and oxygen atoms in total. The van der Waals surface area contributed by atoms with Crippen LogP contribution in [0.3, 0.4) is 0 Å². The number of H-pyrrole nitrogens is 1. The van der Waals surface area contributed by atoms with E-state index in [1.54, 1.807) is 0 Å². The highest BCUT2D eigenvalue weighted by Crippen LogP contribution is 2.27. The van der Waals surface area contributed by atoms with Crippen LogP contribution in [0.2, 0.25) is 10.0 Å². The molecule has 0 unspecified atom stereocenters. The fraction of sp³-hybridized carbons (Fsp3) is 0.0625. The lowest BCUT2D eigenvalue weighted by molar-refractivity contribution is -0.384. The van der Waals surface area contributed by atoms with Crippen molar-refractivity contribution in [3.63, 3.8) is 0 Å². The van der Waals surface area contributed by atoms with Gasteiger partial charge in [-0.05, 0) is 23.8 Å². The van der Waals surface area contributed by atoms with Gasteiger partial charge in [0.15, 0.2) is 5.69 Å². The number of nitrogens with one attached hydrogen (secondary N) is 1. The van der Waals surface area contributed by atoms with E-state index < -0.39 is 16.6 Å². The van der Waals surface area contributed by atoms with Crippen LogP contribution >= 0.6 is 23.2 Å². The lowest BCUT2D eigenvalue weighted by atomic mass is 10.0. The number of fused-ring (bicyclic) bond motifs is 1.